The molecule has 0 aliphatic heterocycles. The van der Waals surface area contributed by atoms with Crippen LogP contribution in [0.5, 0.6) is 5.75 Å². The quantitative estimate of drug-likeness (QED) is 0.729. The van der Waals surface area contributed by atoms with Crippen LogP contribution in [-0.2, 0) is 0 Å². The normalized spacial score (nSPS) is 19.9. The van der Waals surface area contributed by atoms with Crippen molar-refractivity contribution in [2.45, 2.75) is 25.0 Å². The van der Waals surface area contributed by atoms with Crippen molar-refractivity contribution < 1.29 is 14.6 Å². The number of ether oxygens (including phenoxy) is 1. The van der Waals surface area contributed by atoms with Gasteiger partial charge in [-0.2, -0.15) is 0 Å². The molecule has 27 heavy (non-hydrogen) atoms. The SMILES string of the molecule is COc1cccc(C(=O)N[C@@H](c2cnc3ccccc3c2)C2CC(O)C2)c1. The summed E-state index contributed by atoms with van der Waals surface area (Å²) in [7, 11) is 1.58. The summed E-state index contributed by atoms with van der Waals surface area (Å²) in [6.07, 6.45) is 2.88. The molecule has 1 fully saturated rings. The fourth-order valence-corrected chi connectivity index (χ4v) is 3.62. The van der Waals surface area contributed by atoms with Crippen LogP contribution in [0.3, 0.4) is 0 Å². The number of hydrogen-bond acceptors (Lipinski definition) is 4. The number of fused-ring (bicyclic) bond motifs is 1. The van der Waals surface area contributed by atoms with Crippen molar-refractivity contribution in [3.8, 4) is 5.75 Å². The van der Waals surface area contributed by atoms with Gasteiger partial charge in [-0.25, -0.2) is 0 Å². The van der Waals surface area contributed by atoms with Crippen molar-refractivity contribution in [2.24, 2.45) is 5.92 Å². The van der Waals surface area contributed by atoms with Gasteiger partial charge in [-0.1, -0.05) is 24.3 Å². The van der Waals surface area contributed by atoms with Crippen LogP contribution in [0.25, 0.3) is 10.9 Å². The van der Waals surface area contributed by atoms with Gasteiger partial charge in [0.2, 0.25) is 0 Å². The lowest BCUT2D eigenvalue weighted by Gasteiger charge is -2.38. The van der Waals surface area contributed by atoms with Crippen molar-refractivity contribution in [1.82, 2.24) is 10.3 Å². The minimum Gasteiger partial charge on any atom is -0.497 e. The van der Waals surface area contributed by atoms with E-state index >= 15 is 0 Å². The van der Waals surface area contributed by atoms with Crippen molar-refractivity contribution in [1.29, 1.82) is 0 Å². The first-order chi connectivity index (χ1) is 13.1. The van der Waals surface area contributed by atoms with Crippen molar-refractivity contribution >= 4 is 16.8 Å². The summed E-state index contributed by atoms with van der Waals surface area (Å²) in [5.41, 5.74) is 2.43. The zero-order chi connectivity index (χ0) is 18.8. The molecule has 0 bridgehead atoms. The Morgan fingerprint density at radius 3 is 2.78 bits per heavy atom. The van der Waals surface area contributed by atoms with Crippen molar-refractivity contribution in [3.63, 3.8) is 0 Å². The summed E-state index contributed by atoms with van der Waals surface area (Å²) in [6, 6.07) is 16.9. The number of methoxy groups -OCH3 is 1. The molecule has 138 valence electrons. The van der Waals surface area contributed by atoms with E-state index in [4.69, 9.17) is 4.74 Å². The fraction of sp³-hybridized carbons (Fsp3) is 0.273. The average Bonchev–Trinajstić information content (AvgIpc) is 2.69. The molecule has 3 aromatic rings. The predicted molar refractivity (Wildman–Crippen MR) is 104 cm³/mol. The lowest BCUT2D eigenvalue weighted by molar-refractivity contribution is 0.0235. The maximum Gasteiger partial charge on any atom is 0.251 e. The molecule has 4 rings (SSSR count). The topological polar surface area (TPSA) is 71.5 Å². The van der Waals surface area contributed by atoms with E-state index in [9.17, 15) is 9.90 Å². The second kappa shape index (κ2) is 7.37. The van der Waals surface area contributed by atoms with Gasteiger partial charge in [0.1, 0.15) is 5.75 Å². The van der Waals surface area contributed by atoms with E-state index in [2.05, 4.69) is 16.4 Å². The molecule has 5 heteroatoms. The lowest BCUT2D eigenvalue weighted by Crippen LogP contribution is -2.41. The third-order valence-electron chi connectivity index (χ3n) is 5.21. The van der Waals surface area contributed by atoms with Crippen LogP contribution < -0.4 is 10.1 Å². The fourth-order valence-electron chi connectivity index (χ4n) is 3.62. The number of nitrogens with zero attached hydrogens (tertiary/aromatic N) is 1. The highest BCUT2D eigenvalue weighted by atomic mass is 16.5. The Labute approximate surface area is 158 Å². The van der Waals surface area contributed by atoms with Gasteiger partial charge in [0.15, 0.2) is 0 Å². The number of aliphatic hydroxyl groups is 1. The second-order valence-corrected chi connectivity index (χ2v) is 7.03. The highest BCUT2D eigenvalue weighted by molar-refractivity contribution is 5.95. The van der Waals surface area contributed by atoms with Crippen LogP contribution in [0.15, 0.2) is 60.8 Å². The smallest absolute Gasteiger partial charge is 0.251 e. The standard InChI is InChI=1S/C22H22N2O3/c1-27-19-7-4-6-15(12-19)22(26)24-21(16-10-18(25)11-16)17-9-14-5-2-3-8-20(14)23-13-17/h2-9,12-13,16,18,21,25H,10-11H2,1H3,(H,24,26)/t16?,18?,21-/m1/s1. The van der Waals surface area contributed by atoms with Crippen LogP contribution in [0.2, 0.25) is 0 Å². The summed E-state index contributed by atoms with van der Waals surface area (Å²) in [5, 5.41) is 13.9. The van der Waals surface area contributed by atoms with Crippen LogP contribution in [-0.4, -0.2) is 29.2 Å². The Morgan fingerprint density at radius 1 is 1.19 bits per heavy atom. The van der Waals surface area contributed by atoms with Gasteiger partial charge >= 0.3 is 0 Å². The molecule has 0 saturated heterocycles. The van der Waals surface area contributed by atoms with E-state index in [0.717, 1.165) is 16.5 Å². The first kappa shape index (κ1) is 17.5. The van der Waals surface area contributed by atoms with Crippen LogP contribution in [0, 0.1) is 5.92 Å². The van der Waals surface area contributed by atoms with E-state index < -0.39 is 0 Å². The van der Waals surface area contributed by atoms with E-state index in [0.29, 0.717) is 24.2 Å². The van der Waals surface area contributed by atoms with Gasteiger partial charge in [-0.15, -0.1) is 0 Å². The summed E-state index contributed by atoms with van der Waals surface area (Å²) in [6.45, 7) is 0. The van der Waals surface area contributed by atoms with Gasteiger partial charge in [-0.05, 0) is 54.7 Å². The number of nitrogens with one attached hydrogen (secondary N) is 1. The third-order valence-corrected chi connectivity index (χ3v) is 5.21. The number of aliphatic hydroxyl groups excluding tert-OH is 1. The van der Waals surface area contributed by atoms with Crippen LogP contribution in [0.1, 0.15) is 34.8 Å². The van der Waals surface area contributed by atoms with E-state index in [-0.39, 0.29) is 24.0 Å². The predicted octanol–water partition coefficient (Wildman–Crippen LogP) is 3.49. The molecule has 2 N–H and O–H groups in total. The second-order valence-electron chi connectivity index (χ2n) is 7.03. The summed E-state index contributed by atoms with van der Waals surface area (Å²) in [4.78, 5) is 17.4. The van der Waals surface area contributed by atoms with Crippen LogP contribution >= 0.6 is 0 Å². The first-order valence-corrected chi connectivity index (χ1v) is 9.11. The number of amides is 1. The average molecular weight is 362 g/mol. The number of para-hydroxylation sites is 1. The van der Waals surface area contributed by atoms with E-state index in [1.54, 1.807) is 25.3 Å². The molecular formula is C22H22N2O3. The molecule has 0 radical (unpaired) electrons. The number of rotatable bonds is 5. The maximum absolute atomic E-state index is 12.8. The Kier molecular flexibility index (Phi) is 4.77. The molecule has 1 aliphatic rings. The zero-order valence-electron chi connectivity index (χ0n) is 15.1. The highest BCUT2D eigenvalue weighted by Gasteiger charge is 2.36. The number of pyridine rings is 1. The summed E-state index contributed by atoms with van der Waals surface area (Å²) < 4.78 is 5.21. The Balaban J connectivity index is 1.63. The largest absolute Gasteiger partial charge is 0.497 e. The molecule has 1 aromatic heterocycles. The minimum atomic E-state index is -0.292. The van der Waals surface area contributed by atoms with Gasteiger partial charge in [0.25, 0.3) is 5.91 Å². The molecular weight excluding hydrogens is 340 g/mol. The molecule has 1 atom stereocenters. The molecule has 2 aromatic carbocycles. The Hall–Kier alpha value is -2.92. The van der Waals surface area contributed by atoms with E-state index in [1.165, 1.54) is 0 Å². The van der Waals surface area contributed by atoms with Gasteiger partial charge in [-0.3, -0.25) is 9.78 Å². The summed E-state index contributed by atoms with van der Waals surface area (Å²) in [5.74, 6) is 0.677. The van der Waals surface area contributed by atoms with Crippen LogP contribution in [0.4, 0.5) is 0 Å². The minimum absolute atomic E-state index is 0.159. The molecule has 0 spiro atoms. The lowest BCUT2D eigenvalue weighted by atomic mass is 9.75. The van der Waals surface area contributed by atoms with Gasteiger partial charge in [0.05, 0.1) is 24.8 Å². The summed E-state index contributed by atoms with van der Waals surface area (Å²) >= 11 is 0. The van der Waals surface area contributed by atoms with E-state index in [1.807, 2.05) is 36.5 Å². The number of aromatic nitrogens is 1. The molecule has 1 heterocycles. The number of carbonyl (C=O) groups is 1. The number of hydrogen-bond donors (Lipinski definition) is 2. The Bertz CT molecular complexity index is 966. The monoisotopic (exact) mass is 362 g/mol. The van der Waals surface area contributed by atoms with Gasteiger partial charge in [0, 0.05) is 17.1 Å². The third kappa shape index (κ3) is 3.64. The van der Waals surface area contributed by atoms with Crippen molar-refractivity contribution in [3.05, 3.63) is 71.9 Å². The first-order valence-electron chi connectivity index (χ1n) is 9.11. The molecule has 0 unspecified atom stereocenters. The molecule has 1 aliphatic carbocycles. The maximum atomic E-state index is 12.8. The van der Waals surface area contributed by atoms with Crippen molar-refractivity contribution in [2.75, 3.05) is 7.11 Å². The number of benzene rings is 2. The zero-order valence-corrected chi connectivity index (χ0v) is 15.1. The highest BCUT2D eigenvalue weighted by Crippen LogP contribution is 2.38. The van der Waals surface area contributed by atoms with Gasteiger partial charge < -0.3 is 15.2 Å². The Morgan fingerprint density at radius 2 is 2.00 bits per heavy atom. The molecule has 1 amide bonds. The molecule has 5 nitrogen and oxygen atoms in total. The number of carbonyl (C=O) groups excluding carboxylic acids is 1. The molecule has 1 saturated carbocycles.